The molecule has 0 aliphatic heterocycles. The molecule has 1 amide bonds. The average molecular weight is 375 g/mol. The highest BCUT2D eigenvalue weighted by molar-refractivity contribution is 7.92. The molecular formula is C19H25N3O3S. The summed E-state index contributed by atoms with van der Waals surface area (Å²) in [6, 6.07) is 14.5. The van der Waals surface area contributed by atoms with E-state index in [1.807, 2.05) is 55.4 Å². The fourth-order valence-electron chi connectivity index (χ4n) is 2.47. The molecule has 6 nitrogen and oxygen atoms in total. The van der Waals surface area contributed by atoms with E-state index in [9.17, 15) is 13.2 Å². The lowest BCUT2D eigenvalue weighted by Gasteiger charge is -2.23. The number of nitrogens with one attached hydrogen (secondary N) is 1. The number of aryl methyl sites for hydroxylation is 1. The van der Waals surface area contributed by atoms with Crippen LogP contribution in [0.15, 0.2) is 48.5 Å². The molecule has 0 fully saturated rings. The van der Waals surface area contributed by atoms with Gasteiger partial charge in [0, 0.05) is 25.5 Å². The monoisotopic (exact) mass is 375 g/mol. The number of nitrogens with zero attached hydrogens (tertiary/aromatic N) is 2. The van der Waals surface area contributed by atoms with Gasteiger partial charge in [-0.2, -0.15) is 0 Å². The first-order valence-electron chi connectivity index (χ1n) is 8.34. The molecule has 0 aromatic heterocycles. The smallest absolute Gasteiger partial charge is 0.245 e. The molecule has 2 aromatic rings. The van der Waals surface area contributed by atoms with Gasteiger partial charge in [0.2, 0.25) is 15.9 Å². The van der Waals surface area contributed by atoms with E-state index in [1.54, 1.807) is 12.1 Å². The van der Waals surface area contributed by atoms with Crippen LogP contribution in [0, 0.1) is 0 Å². The van der Waals surface area contributed by atoms with Gasteiger partial charge in [-0.25, -0.2) is 8.42 Å². The number of carbonyl (C=O) groups is 1. The Kier molecular flexibility index (Phi) is 6.26. The topological polar surface area (TPSA) is 69.7 Å². The van der Waals surface area contributed by atoms with Crippen molar-refractivity contribution in [3.8, 4) is 0 Å². The standard InChI is InChI=1S/C19H25N3O3S/c1-5-15-6-8-16(9-7-15)20-19(23)14-22(26(4,24)25)18-12-10-17(11-13-18)21(2)3/h6-13H,5,14H2,1-4H3,(H,20,23). The Morgan fingerprint density at radius 2 is 1.50 bits per heavy atom. The van der Waals surface area contributed by atoms with Gasteiger partial charge >= 0.3 is 0 Å². The van der Waals surface area contributed by atoms with Crippen LogP contribution in [-0.4, -0.2) is 41.2 Å². The first-order valence-corrected chi connectivity index (χ1v) is 10.2. The summed E-state index contributed by atoms with van der Waals surface area (Å²) in [5, 5.41) is 2.74. The van der Waals surface area contributed by atoms with Crippen molar-refractivity contribution < 1.29 is 13.2 Å². The second-order valence-electron chi connectivity index (χ2n) is 6.28. The van der Waals surface area contributed by atoms with Crippen molar-refractivity contribution in [2.24, 2.45) is 0 Å². The van der Waals surface area contributed by atoms with E-state index < -0.39 is 15.9 Å². The van der Waals surface area contributed by atoms with E-state index in [1.165, 1.54) is 5.56 Å². The number of benzene rings is 2. The zero-order chi connectivity index (χ0) is 19.3. The first kappa shape index (κ1) is 19.8. The Morgan fingerprint density at radius 3 is 1.96 bits per heavy atom. The van der Waals surface area contributed by atoms with Gasteiger partial charge in [0.1, 0.15) is 6.54 Å². The van der Waals surface area contributed by atoms with E-state index in [0.29, 0.717) is 11.4 Å². The van der Waals surface area contributed by atoms with E-state index in [0.717, 1.165) is 22.7 Å². The molecule has 0 atom stereocenters. The number of hydrogen-bond donors (Lipinski definition) is 1. The van der Waals surface area contributed by atoms with Crippen molar-refractivity contribution in [2.75, 3.05) is 41.4 Å². The number of carbonyl (C=O) groups excluding carboxylic acids is 1. The van der Waals surface area contributed by atoms with Gasteiger partial charge in [-0.1, -0.05) is 19.1 Å². The maximum Gasteiger partial charge on any atom is 0.245 e. The number of anilines is 3. The molecule has 0 aliphatic rings. The predicted molar refractivity (Wildman–Crippen MR) is 107 cm³/mol. The molecule has 0 aliphatic carbocycles. The van der Waals surface area contributed by atoms with Crippen LogP contribution in [0.1, 0.15) is 12.5 Å². The van der Waals surface area contributed by atoms with Crippen LogP contribution in [0.5, 0.6) is 0 Å². The second kappa shape index (κ2) is 8.23. The minimum atomic E-state index is -3.59. The van der Waals surface area contributed by atoms with Crippen molar-refractivity contribution in [1.82, 2.24) is 0 Å². The third-order valence-corrected chi connectivity index (χ3v) is 5.13. The normalized spacial score (nSPS) is 11.1. The van der Waals surface area contributed by atoms with Gasteiger partial charge in [0.05, 0.1) is 11.9 Å². The largest absolute Gasteiger partial charge is 0.378 e. The van der Waals surface area contributed by atoms with Gasteiger partial charge in [-0.3, -0.25) is 9.10 Å². The summed E-state index contributed by atoms with van der Waals surface area (Å²) < 4.78 is 25.4. The van der Waals surface area contributed by atoms with Gasteiger partial charge < -0.3 is 10.2 Å². The summed E-state index contributed by atoms with van der Waals surface area (Å²) >= 11 is 0. The maximum absolute atomic E-state index is 12.3. The number of amides is 1. The molecule has 7 heteroatoms. The van der Waals surface area contributed by atoms with Crippen LogP contribution in [-0.2, 0) is 21.2 Å². The Morgan fingerprint density at radius 1 is 0.962 bits per heavy atom. The number of rotatable bonds is 7. The fourth-order valence-corrected chi connectivity index (χ4v) is 3.33. The Hall–Kier alpha value is -2.54. The van der Waals surface area contributed by atoms with Gasteiger partial charge in [0.15, 0.2) is 0 Å². The zero-order valence-electron chi connectivity index (χ0n) is 15.6. The molecule has 0 radical (unpaired) electrons. The zero-order valence-corrected chi connectivity index (χ0v) is 16.4. The molecule has 1 N–H and O–H groups in total. The number of hydrogen-bond acceptors (Lipinski definition) is 4. The van der Waals surface area contributed by atoms with Crippen LogP contribution in [0.3, 0.4) is 0 Å². The minimum absolute atomic E-state index is 0.282. The highest BCUT2D eigenvalue weighted by atomic mass is 32.2. The highest BCUT2D eigenvalue weighted by Crippen LogP contribution is 2.21. The van der Waals surface area contributed by atoms with Crippen molar-refractivity contribution in [3.05, 3.63) is 54.1 Å². The Balaban J connectivity index is 2.15. The number of sulfonamides is 1. The van der Waals surface area contributed by atoms with Gasteiger partial charge in [-0.05, 0) is 48.4 Å². The van der Waals surface area contributed by atoms with Crippen LogP contribution in [0.2, 0.25) is 0 Å². The van der Waals surface area contributed by atoms with Crippen LogP contribution < -0.4 is 14.5 Å². The summed E-state index contributed by atoms with van der Waals surface area (Å²) in [5.74, 6) is -0.392. The molecule has 26 heavy (non-hydrogen) atoms. The minimum Gasteiger partial charge on any atom is -0.378 e. The van der Waals surface area contributed by atoms with Crippen molar-refractivity contribution in [2.45, 2.75) is 13.3 Å². The predicted octanol–water partition coefficient (Wildman–Crippen LogP) is 2.72. The van der Waals surface area contributed by atoms with E-state index in [-0.39, 0.29) is 6.54 Å². The summed E-state index contributed by atoms with van der Waals surface area (Å²) in [6.07, 6.45) is 2.01. The Bertz CT molecular complexity index is 845. The first-order chi connectivity index (χ1) is 12.2. The second-order valence-corrected chi connectivity index (χ2v) is 8.19. The molecule has 0 unspecified atom stereocenters. The SMILES string of the molecule is CCc1ccc(NC(=O)CN(c2ccc(N(C)C)cc2)S(C)(=O)=O)cc1. The molecule has 2 aromatic carbocycles. The van der Waals surface area contributed by atoms with Crippen LogP contribution in [0.25, 0.3) is 0 Å². The summed E-state index contributed by atoms with van der Waals surface area (Å²) in [5.41, 5.74) is 3.21. The highest BCUT2D eigenvalue weighted by Gasteiger charge is 2.21. The van der Waals surface area contributed by atoms with Crippen molar-refractivity contribution in [1.29, 1.82) is 0 Å². The lowest BCUT2D eigenvalue weighted by molar-refractivity contribution is -0.114. The molecule has 0 spiro atoms. The average Bonchev–Trinajstić information content (AvgIpc) is 2.59. The van der Waals surface area contributed by atoms with Crippen LogP contribution >= 0.6 is 0 Å². The lowest BCUT2D eigenvalue weighted by Crippen LogP contribution is -2.37. The molecule has 0 saturated carbocycles. The van der Waals surface area contributed by atoms with Crippen molar-refractivity contribution in [3.63, 3.8) is 0 Å². The molecule has 0 heterocycles. The third kappa shape index (κ3) is 5.23. The molecule has 0 saturated heterocycles. The molecule has 140 valence electrons. The lowest BCUT2D eigenvalue weighted by atomic mass is 10.1. The Labute approximate surface area is 155 Å². The summed E-state index contributed by atoms with van der Waals surface area (Å²) in [4.78, 5) is 14.3. The van der Waals surface area contributed by atoms with E-state index >= 15 is 0 Å². The third-order valence-electron chi connectivity index (χ3n) is 3.99. The van der Waals surface area contributed by atoms with Crippen LogP contribution in [0.4, 0.5) is 17.1 Å². The van der Waals surface area contributed by atoms with Gasteiger partial charge in [-0.15, -0.1) is 0 Å². The molecular weight excluding hydrogens is 350 g/mol. The van der Waals surface area contributed by atoms with Crippen molar-refractivity contribution >= 4 is 33.0 Å². The summed E-state index contributed by atoms with van der Waals surface area (Å²) in [7, 11) is 0.217. The molecule has 2 rings (SSSR count). The maximum atomic E-state index is 12.3. The van der Waals surface area contributed by atoms with E-state index in [4.69, 9.17) is 0 Å². The fraction of sp³-hybridized carbons (Fsp3) is 0.316. The quantitative estimate of drug-likeness (QED) is 0.808. The van der Waals surface area contributed by atoms with Gasteiger partial charge in [0.25, 0.3) is 0 Å². The molecule has 0 bridgehead atoms. The summed E-state index contributed by atoms with van der Waals surface area (Å²) in [6.45, 7) is 1.77. The van der Waals surface area contributed by atoms with E-state index in [2.05, 4.69) is 12.2 Å².